The smallest absolute Gasteiger partial charge is 0.0948 e. The predicted molar refractivity (Wildman–Crippen MR) is 244 cm³/mol. The minimum atomic E-state index is 1.05. The quantitative estimate of drug-likeness (QED) is 0.190. The van der Waals surface area contributed by atoms with Gasteiger partial charge in [0.1, 0.15) is 0 Å². The number of hydrogen-bond acceptors (Lipinski definition) is 2. The summed E-state index contributed by atoms with van der Waals surface area (Å²) in [4.78, 5) is 2.47. The van der Waals surface area contributed by atoms with E-state index in [0.29, 0.717) is 0 Å². The lowest BCUT2D eigenvalue weighted by molar-refractivity contribution is 1.15. The summed E-state index contributed by atoms with van der Waals surface area (Å²) in [7, 11) is 0. The topological polar surface area (TPSA) is 25.1 Å². The summed E-state index contributed by atoms with van der Waals surface area (Å²) in [5.41, 5.74) is 17.1. The summed E-state index contributed by atoms with van der Waals surface area (Å²) in [6.45, 7) is 0. The number of para-hydroxylation sites is 3. The molecule has 4 heteroatoms. The van der Waals surface area contributed by atoms with Crippen molar-refractivity contribution in [1.82, 2.24) is 9.13 Å². The minimum absolute atomic E-state index is 1.05. The Bertz CT molecular complexity index is 3330. The van der Waals surface area contributed by atoms with Crippen molar-refractivity contribution < 1.29 is 0 Å². The van der Waals surface area contributed by atoms with Crippen LogP contribution in [0.2, 0.25) is 0 Å². The first-order valence-corrected chi connectivity index (χ1v) is 19.9. The van der Waals surface area contributed by atoms with Gasteiger partial charge in [-0.15, -0.1) is 0 Å². The highest BCUT2D eigenvalue weighted by molar-refractivity contribution is 6.22. The van der Waals surface area contributed by atoms with Crippen molar-refractivity contribution in [2.75, 3.05) is 10.2 Å². The fraction of sp³-hybridized carbons (Fsp3) is 0. The van der Waals surface area contributed by atoms with Gasteiger partial charge in [-0.05, 0) is 95.1 Å². The van der Waals surface area contributed by atoms with Crippen LogP contribution >= 0.6 is 0 Å². The van der Waals surface area contributed by atoms with Gasteiger partial charge in [-0.1, -0.05) is 140 Å². The number of hydrogen-bond donors (Lipinski definition) is 1. The van der Waals surface area contributed by atoms with E-state index in [1.54, 1.807) is 0 Å². The van der Waals surface area contributed by atoms with Crippen molar-refractivity contribution in [3.63, 3.8) is 0 Å². The molecule has 1 aliphatic rings. The lowest BCUT2D eigenvalue weighted by Gasteiger charge is -2.35. The van der Waals surface area contributed by atoms with Crippen LogP contribution < -0.4 is 10.2 Å². The van der Waals surface area contributed by atoms with Crippen LogP contribution in [-0.4, -0.2) is 9.13 Å². The highest BCUT2D eigenvalue weighted by atomic mass is 15.2. The van der Waals surface area contributed by atoms with Gasteiger partial charge in [0, 0.05) is 38.6 Å². The monoisotopic (exact) mass is 740 g/mol. The van der Waals surface area contributed by atoms with Crippen molar-refractivity contribution in [3.8, 4) is 33.6 Å². The third-order valence-electron chi connectivity index (χ3n) is 11.8. The molecule has 0 aliphatic carbocycles. The van der Waals surface area contributed by atoms with Gasteiger partial charge >= 0.3 is 0 Å². The number of nitrogens with one attached hydrogen (secondary N) is 1. The number of anilines is 5. The molecule has 0 atom stereocenters. The second-order valence-electron chi connectivity index (χ2n) is 15.0. The number of benzene rings is 9. The van der Waals surface area contributed by atoms with Crippen molar-refractivity contribution in [1.29, 1.82) is 0 Å². The molecule has 0 spiro atoms. The molecule has 0 saturated heterocycles. The first-order chi connectivity index (χ1) is 28.8. The highest BCUT2D eigenvalue weighted by Gasteiger charge is 2.32. The Labute approximate surface area is 336 Å². The van der Waals surface area contributed by atoms with Crippen LogP contribution in [0.25, 0.3) is 77.2 Å². The Morgan fingerprint density at radius 3 is 1.33 bits per heavy atom. The van der Waals surface area contributed by atoms with Crippen LogP contribution in [0.4, 0.5) is 28.4 Å². The number of fused-ring (bicyclic) bond motifs is 10. The van der Waals surface area contributed by atoms with Gasteiger partial charge in [-0.25, -0.2) is 0 Å². The first kappa shape index (κ1) is 32.4. The summed E-state index contributed by atoms with van der Waals surface area (Å²) in [6, 6.07) is 76.7. The van der Waals surface area contributed by atoms with Gasteiger partial charge in [0.25, 0.3) is 0 Å². The Morgan fingerprint density at radius 2 is 0.759 bits per heavy atom. The normalized spacial score (nSPS) is 12.2. The standard InChI is InChI=1S/C54H36N4/c1-4-14-36(15-5-1)38-24-28-41(29-25-38)56-48-22-12-10-20-43(48)45-33-35-50-51(52(45)56)55-47-34-32-46-44-21-11-13-23-49(44)57(53(46)54(47)58(50)40-18-8-3-9-19-40)42-30-26-39(27-31-42)37-16-6-2-7-17-37/h1-35,55H. The van der Waals surface area contributed by atoms with Crippen molar-refractivity contribution in [2.24, 2.45) is 0 Å². The molecule has 0 fully saturated rings. The molecular formula is C54H36N4. The van der Waals surface area contributed by atoms with E-state index in [1.165, 1.54) is 54.8 Å². The molecule has 0 bridgehead atoms. The van der Waals surface area contributed by atoms with Gasteiger partial charge in [0.05, 0.1) is 44.8 Å². The van der Waals surface area contributed by atoms with E-state index in [-0.39, 0.29) is 0 Å². The van der Waals surface area contributed by atoms with Crippen LogP contribution in [0.5, 0.6) is 0 Å². The Balaban J connectivity index is 1.12. The van der Waals surface area contributed by atoms with Gasteiger partial charge in [-0.2, -0.15) is 0 Å². The summed E-state index contributed by atoms with van der Waals surface area (Å²) < 4.78 is 4.88. The summed E-state index contributed by atoms with van der Waals surface area (Å²) in [5.74, 6) is 0. The van der Waals surface area contributed by atoms with Crippen LogP contribution in [0.1, 0.15) is 0 Å². The van der Waals surface area contributed by atoms with E-state index in [1.807, 2.05) is 0 Å². The molecule has 1 N–H and O–H groups in total. The Morgan fingerprint density at radius 1 is 0.310 bits per heavy atom. The fourth-order valence-electron chi connectivity index (χ4n) is 9.23. The van der Waals surface area contributed by atoms with Crippen LogP contribution in [-0.2, 0) is 0 Å². The fourth-order valence-corrected chi connectivity index (χ4v) is 9.23. The van der Waals surface area contributed by atoms with Crippen molar-refractivity contribution in [3.05, 3.63) is 212 Å². The van der Waals surface area contributed by atoms with Gasteiger partial charge in [0.2, 0.25) is 0 Å². The Kier molecular flexibility index (Phi) is 7.20. The minimum Gasteiger partial charge on any atom is -0.350 e. The van der Waals surface area contributed by atoms with E-state index >= 15 is 0 Å². The number of nitrogens with zero attached hydrogens (tertiary/aromatic N) is 3. The molecule has 3 heterocycles. The molecule has 0 radical (unpaired) electrons. The van der Waals surface area contributed by atoms with E-state index in [4.69, 9.17) is 0 Å². The van der Waals surface area contributed by atoms with Crippen LogP contribution in [0, 0.1) is 0 Å². The number of aromatic nitrogens is 2. The van der Waals surface area contributed by atoms with E-state index in [0.717, 1.165) is 50.8 Å². The van der Waals surface area contributed by atoms with Crippen LogP contribution in [0.15, 0.2) is 212 Å². The SMILES string of the molecule is c1ccc(-c2ccc(-n3c4ccccc4c4ccc5c(c43)Nc3ccc4c6ccccc6n(-c6ccc(-c7ccccc7)cc6)c4c3N5c3ccccc3)cc2)cc1. The third-order valence-corrected chi connectivity index (χ3v) is 11.8. The molecule has 0 unspecified atom stereocenters. The average Bonchev–Trinajstić information content (AvgIpc) is 3.83. The second-order valence-corrected chi connectivity index (χ2v) is 15.0. The zero-order valence-electron chi connectivity index (χ0n) is 31.5. The summed E-state index contributed by atoms with van der Waals surface area (Å²) in [6.07, 6.45) is 0. The largest absolute Gasteiger partial charge is 0.350 e. The highest BCUT2D eigenvalue weighted by Crippen LogP contribution is 2.55. The van der Waals surface area contributed by atoms with Crippen molar-refractivity contribution >= 4 is 72.0 Å². The maximum atomic E-state index is 4.06. The molecule has 4 nitrogen and oxygen atoms in total. The number of rotatable bonds is 5. The van der Waals surface area contributed by atoms with Gasteiger partial charge in [0.15, 0.2) is 0 Å². The molecule has 11 aromatic rings. The van der Waals surface area contributed by atoms with Gasteiger partial charge in [-0.3, -0.25) is 0 Å². The molecule has 2 aromatic heterocycles. The zero-order chi connectivity index (χ0) is 38.2. The molecule has 58 heavy (non-hydrogen) atoms. The summed E-state index contributed by atoms with van der Waals surface area (Å²) >= 11 is 0. The molecule has 9 aromatic carbocycles. The molecule has 272 valence electrons. The average molecular weight is 741 g/mol. The lowest BCUT2D eigenvalue weighted by Crippen LogP contribution is -2.19. The molecule has 12 rings (SSSR count). The van der Waals surface area contributed by atoms with E-state index in [2.05, 4.69) is 232 Å². The first-order valence-electron chi connectivity index (χ1n) is 19.9. The zero-order valence-corrected chi connectivity index (χ0v) is 31.5. The molecule has 0 saturated carbocycles. The lowest BCUT2D eigenvalue weighted by atomic mass is 10.0. The second kappa shape index (κ2) is 12.9. The maximum Gasteiger partial charge on any atom is 0.0948 e. The molecule has 1 aliphatic heterocycles. The molecule has 0 amide bonds. The van der Waals surface area contributed by atoms with Crippen molar-refractivity contribution in [2.45, 2.75) is 0 Å². The predicted octanol–water partition coefficient (Wildman–Crippen LogP) is 14.7. The van der Waals surface area contributed by atoms with E-state index in [9.17, 15) is 0 Å². The summed E-state index contributed by atoms with van der Waals surface area (Å²) in [5, 5.41) is 8.92. The van der Waals surface area contributed by atoms with Gasteiger partial charge < -0.3 is 19.4 Å². The maximum absolute atomic E-state index is 4.06. The molecular weight excluding hydrogens is 705 g/mol. The third kappa shape index (κ3) is 4.88. The Hall–Kier alpha value is -7.82. The van der Waals surface area contributed by atoms with E-state index < -0.39 is 0 Å². The van der Waals surface area contributed by atoms with Crippen LogP contribution in [0.3, 0.4) is 0 Å².